The zero-order valence-corrected chi connectivity index (χ0v) is 13.4. The van der Waals surface area contributed by atoms with Gasteiger partial charge in [0.1, 0.15) is 10.8 Å². The van der Waals surface area contributed by atoms with E-state index in [2.05, 4.69) is 46.0 Å². The quantitative estimate of drug-likeness (QED) is 0.908. The second-order valence-corrected chi connectivity index (χ2v) is 6.43. The molecule has 0 fully saturated rings. The minimum absolute atomic E-state index is 0.132. The van der Waals surface area contributed by atoms with E-state index in [0.717, 1.165) is 23.8 Å². The van der Waals surface area contributed by atoms with E-state index in [0.29, 0.717) is 16.4 Å². The van der Waals surface area contributed by atoms with Gasteiger partial charge in [0.05, 0.1) is 6.20 Å². The Morgan fingerprint density at radius 2 is 2.10 bits per heavy atom. The van der Waals surface area contributed by atoms with Crippen LogP contribution in [0.3, 0.4) is 0 Å². The number of pyridine rings is 1. The number of carbonyl (C=O) groups excluding carboxylic acids is 1. The summed E-state index contributed by atoms with van der Waals surface area (Å²) >= 11 is 1.15. The van der Waals surface area contributed by atoms with Crippen molar-refractivity contribution in [1.29, 1.82) is 0 Å². The molecule has 0 aliphatic carbocycles. The van der Waals surface area contributed by atoms with Crippen LogP contribution in [0.5, 0.6) is 0 Å². The van der Waals surface area contributed by atoms with Crippen LogP contribution < -0.4 is 10.6 Å². The van der Waals surface area contributed by atoms with Crippen LogP contribution in [0.1, 0.15) is 43.7 Å². The molecule has 2 rings (SSSR count). The number of amides is 1. The zero-order chi connectivity index (χ0) is 15.5. The Balaban J connectivity index is 2.33. The second-order valence-electron chi connectivity index (χ2n) is 5.64. The molecule has 0 saturated carbocycles. The van der Waals surface area contributed by atoms with E-state index in [1.54, 1.807) is 6.07 Å². The molecule has 112 valence electrons. The van der Waals surface area contributed by atoms with Gasteiger partial charge in [-0.3, -0.25) is 4.79 Å². The van der Waals surface area contributed by atoms with Crippen molar-refractivity contribution in [2.45, 2.75) is 33.1 Å². The molecule has 2 heterocycles. The van der Waals surface area contributed by atoms with Crippen molar-refractivity contribution >= 4 is 28.3 Å². The molecular weight excluding hydrogens is 286 g/mol. The molecule has 0 aromatic carbocycles. The monoisotopic (exact) mass is 305 g/mol. The summed E-state index contributed by atoms with van der Waals surface area (Å²) in [6.45, 7) is 8.95. The Labute approximate surface area is 128 Å². The Hall–Kier alpha value is -2.02. The zero-order valence-electron chi connectivity index (χ0n) is 12.6. The number of aromatic nitrogens is 3. The first-order valence-corrected chi connectivity index (χ1v) is 7.52. The fraction of sp³-hybridized carbons (Fsp3) is 0.429. The maximum absolute atomic E-state index is 12.3. The van der Waals surface area contributed by atoms with Crippen LogP contribution in [-0.4, -0.2) is 27.0 Å². The molecule has 0 spiro atoms. The van der Waals surface area contributed by atoms with E-state index in [4.69, 9.17) is 0 Å². The summed E-state index contributed by atoms with van der Waals surface area (Å²) in [5.41, 5.74) is 1.31. The molecule has 0 radical (unpaired) electrons. The fourth-order valence-corrected chi connectivity index (χ4v) is 2.14. The van der Waals surface area contributed by atoms with Crippen molar-refractivity contribution in [3.05, 3.63) is 29.6 Å². The van der Waals surface area contributed by atoms with E-state index in [1.165, 1.54) is 6.20 Å². The van der Waals surface area contributed by atoms with Crippen molar-refractivity contribution < 1.29 is 4.79 Å². The number of carbonyl (C=O) groups is 1. The van der Waals surface area contributed by atoms with E-state index < -0.39 is 0 Å². The van der Waals surface area contributed by atoms with Gasteiger partial charge in [-0.2, -0.15) is 0 Å². The van der Waals surface area contributed by atoms with Gasteiger partial charge in [0.25, 0.3) is 5.91 Å². The lowest BCUT2D eigenvalue weighted by Crippen LogP contribution is -2.18. The van der Waals surface area contributed by atoms with Crippen LogP contribution in [0.25, 0.3) is 0 Å². The Kier molecular flexibility index (Phi) is 4.52. The standard InChI is InChI=1S/C14H19N5OS/c1-5-15-11-7-9(6-10(17-11)14(2,3)4)13(20)18-12-8-16-19-21-12/h6-8H,5H2,1-4H3,(H,15,17)(H,18,20). The van der Waals surface area contributed by atoms with Crippen molar-refractivity contribution in [3.63, 3.8) is 0 Å². The average molecular weight is 305 g/mol. The van der Waals surface area contributed by atoms with Crippen molar-refractivity contribution in [1.82, 2.24) is 14.6 Å². The third kappa shape index (κ3) is 3.98. The maximum Gasteiger partial charge on any atom is 0.256 e. The summed E-state index contributed by atoms with van der Waals surface area (Å²) in [5.74, 6) is 0.519. The molecule has 0 atom stereocenters. The summed E-state index contributed by atoms with van der Waals surface area (Å²) in [4.78, 5) is 16.9. The highest BCUT2D eigenvalue weighted by Gasteiger charge is 2.19. The summed E-state index contributed by atoms with van der Waals surface area (Å²) in [6, 6.07) is 3.58. The lowest BCUT2D eigenvalue weighted by Gasteiger charge is -2.20. The van der Waals surface area contributed by atoms with Gasteiger partial charge in [-0.1, -0.05) is 25.3 Å². The molecule has 0 aliphatic heterocycles. The Morgan fingerprint density at radius 3 is 2.67 bits per heavy atom. The van der Waals surface area contributed by atoms with Crippen LogP contribution in [-0.2, 0) is 5.41 Å². The molecule has 0 saturated heterocycles. The second kappa shape index (κ2) is 6.17. The molecule has 2 aromatic heterocycles. The fourth-order valence-electron chi connectivity index (χ4n) is 1.72. The van der Waals surface area contributed by atoms with Gasteiger partial charge in [0.2, 0.25) is 0 Å². The number of anilines is 2. The maximum atomic E-state index is 12.3. The highest BCUT2D eigenvalue weighted by Crippen LogP contribution is 2.24. The number of hydrogen-bond acceptors (Lipinski definition) is 6. The van der Waals surface area contributed by atoms with Gasteiger partial charge < -0.3 is 10.6 Å². The average Bonchev–Trinajstić information content (AvgIpc) is 2.90. The minimum atomic E-state index is -0.187. The lowest BCUT2D eigenvalue weighted by atomic mass is 9.90. The molecule has 7 heteroatoms. The van der Waals surface area contributed by atoms with Crippen molar-refractivity contribution in [2.24, 2.45) is 0 Å². The van der Waals surface area contributed by atoms with Crippen molar-refractivity contribution in [3.8, 4) is 0 Å². The van der Waals surface area contributed by atoms with Gasteiger partial charge in [-0.15, -0.1) is 5.10 Å². The van der Waals surface area contributed by atoms with E-state index >= 15 is 0 Å². The van der Waals surface area contributed by atoms with Gasteiger partial charge in [-0.25, -0.2) is 4.98 Å². The molecule has 1 amide bonds. The normalized spacial score (nSPS) is 11.2. The Morgan fingerprint density at radius 1 is 1.33 bits per heavy atom. The smallest absolute Gasteiger partial charge is 0.256 e. The minimum Gasteiger partial charge on any atom is -0.370 e. The van der Waals surface area contributed by atoms with E-state index in [1.807, 2.05) is 13.0 Å². The van der Waals surface area contributed by atoms with E-state index in [-0.39, 0.29) is 11.3 Å². The van der Waals surface area contributed by atoms with Gasteiger partial charge in [0.15, 0.2) is 0 Å². The summed E-state index contributed by atoms with van der Waals surface area (Å²) < 4.78 is 3.72. The molecule has 21 heavy (non-hydrogen) atoms. The van der Waals surface area contributed by atoms with Crippen LogP contribution in [0, 0.1) is 0 Å². The molecule has 2 N–H and O–H groups in total. The van der Waals surface area contributed by atoms with Gasteiger partial charge in [0, 0.05) is 34.7 Å². The van der Waals surface area contributed by atoms with Crippen LogP contribution in [0.2, 0.25) is 0 Å². The van der Waals surface area contributed by atoms with Gasteiger partial charge >= 0.3 is 0 Å². The third-order valence-electron chi connectivity index (χ3n) is 2.81. The predicted molar refractivity (Wildman–Crippen MR) is 85.0 cm³/mol. The number of nitrogens with one attached hydrogen (secondary N) is 2. The Bertz CT molecular complexity index is 619. The molecule has 2 aromatic rings. The first kappa shape index (κ1) is 15.4. The topological polar surface area (TPSA) is 79.8 Å². The summed E-state index contributed by atoms with van der Waals surface area (Å²) in [6.07, 6.45) is 1.53. The summed E-state index contributed by atoms with van der Waals surface area (Å²) in [5, 5.41) is 10.3. The largest absolute Gasteiger partial charge is 0.370 e. The molecule has 0 bridgehead atoms. The van der Waals surface area contributed by atoms with Crippen LogP contribution >= 0.6 is 11.5 Å². The lowest BCUT2D eigenvalue weighted by molar-refractivity contribution is 0.102. The first-order chi connectivity index (χ1) is 9.90. The number of nitrogens with zero attached hydrogens (tertiary/aromatic N) is 3. The molecule has 0 unspecified atom stereocenters. The first-order valence-electron chi connectivity index (χ1n) is 6.75. The third-order valence-corrected chi connectivity index (χ3v) is 3.39. The summed E-state index contributed by atoms with van der Waals surface area (Å²) in [7, 11) is 0. The SMILES string of the molecule is CCNc1cc(C(=O)Nc2cnns2)cc(C(C)(C)C)n1. The molecular formula is C14H19N5OS. The predicted octanol–water partition coefficient (Wildman–Crippen LogP) is 2.91. The number of hydrogen-bond donors (Lipinski definition) is 2. The highest BCUT2D eigenvalue weighted by molar-refractivity contribution is 7.10. The van der Waals surface area contributed by atoms with Crippen LogP contribution in [0.15, 0.2) is 18.3 Å². The van der Waals surface area contributed by atoms with Gasteiger partial charge in [-0.05, 0) is 19.1 Å². The van der Waals surface area contributed by atoms with Crippen LogP contribution in [0.4, 0.5) is 10.8 Å². The molecule has 0 aliphatic rings. The highest BCUT2D eigenvalue weighted by atomic mass is 32.1. The van der Waals surface area contributed by atoms with Crippen molar-refractivity contribution in [2.75, 3.05) is 17.2 Å². The van der Waals surface area contributed by atoms with E-state index in [9.17, 15) is 4.79 Å². The molecule has 6 nitrogen and oxygen atoms in total. The number of rotatable bonds is 4.